The Hall–Kier alpha value is -3.55. The predicted molar refractivity (Wildman–Crippen MR) is 122 cm³/mol. The van der Waals surface area contributed by atoms with Gasteiger partial charge in [0, 0.05) is 24.3 Å². The van der Waals surface area contributed by atoms with Gasteiger partial charge in [0.25, 0.3) is 0 Å². The fourth-order valence-corrected chi connectivity index (χ4v) is 2.92. The lowest BCUT2D eigenvalue weighted by atomic mass is 10.1. The molecular weight excluding hydrogens is 396 g/mol. The number of hydrogen-bond donors (Lipinski definition) is 4. The second-order valence-electron chi connectivity index (χ2n) is 7.55. The zero-order valence-electron chi connectivity index (χ0n) is 18.5. The lowest BCUT2D eigenvalue weighted by Crippen LogP contribution is -2.32. The molecule has 0 spiro atoms. The standard InChI is InChI=1S/C23H30N4O4/c1-14(2)24-22(29)12-17-6-8-18(9-7-17)25-15(3)23(30)27-20-13-19(26-16(4)28)10-11-21(20)31-5/h6-11,13-15,25H,12H2,1-5H3,(H,24,29)(H,26,28)(H,27,30)/t15-/m0/s1. The maximum absolute atomic E-state index is 12.7. The number of hydrogen-bond acceptors (Lipinski definition) is 5. The molecule has 0 saturated heterocycles. The highest BCUT2D eigenvalue weighted by Gasteiger charge is 2.16. The molecule has 0 fully saturated rings. The maximum atomic E-state index is 12.7. The highest BCUT2D eigenvalue weighted by atomic mass is 16.5. The van der Waals surface area contributed by atoms with Crippen molar-refractivity contribution < 1.29 is 19.1 Å². The Morgan fingerprint density at radius 2 is 1.58 bits per heavy atom. The molecular formula is C23H30N4O4. The first kappa shape index (κ1) is 23.7. The molecule has 1 atom stereocenters. The Morgan fingerprint density at radius 1 is 0.935 bits per heavy atom. The van der Waals surface area contributed by atoms with Crippen LogP contribution in [0.5, 0.6) is 5.75 Å². The summed E-state index contributed by atoms with van der Waals surface area (Å²) in [5.41, 5.74) is 2.66. The van der Waals surface area contributed by atoms with Gasteiger partial charge in [-0.3, -0.25) is 14.4 Å². The number of nitrogens with one attached hydrogen (secondary N) is 4. The molecule has 8 heteroatoms. The lowest BCUT2D eigenvalue weighted by molar-refractivity contribution is -0.121. The Morgan fingerprint density at radius 3 is 2.16 bits per heavy atom. The lowest BCUT2D eigenvalue weighted by Gasteiger charge is -2.17. The SMILES string of the molecule is COc1ccc(NC(C)=O)cc1NC(=O)[C@H](C)Nc1ccc(CC(=O)NC(C)C)cc1. The summed E-state index contributed by atoms with van der Waals surface area (Å²) in [5, 5.41) is 11.5. The van der Waals surface area contributed by atoms with Gasteiger partial charge in [0.05, 0.1) is 19.2 Å². The highest BCUT2D eigenvalue weighted by molar-refractivity contribution is 5.98. The molecule has 31 heavy (non-hydrogen) atoms. The van der Waals surface area contributed by atoms with Crippen LogP contribution in [-0.2, 0) is 20.8 Å². The van der Waals surface area contributed by atoms with Gasteiger partial charge in [-0.2, -0.15) is 0 Å². The summed E-state index contributed by atoms with van der Waals surface area (Å²) in [6, 6.07) is 11.9. The van der Waals surface area contributed by atoms with Gasteiger partial charge in [0.1, 0.15) is 11.8 Å². The number of carbonyl (C=O) groups excluding carboxylic acids is 3. The average molecular weight is 427 g/mol. The van der Waals surface area contributed by atoms with Crippen LogP contribution < -0.4 is 26.0 Å². The van der Waals surface area contributed by atoms with Crippen LogP contribution in [0.1, 0.15) is 33.3 Å². The Labute approximate surface area is 182 Å². The third-order valence-corrected chi connectivity index (χ3v) is 4.32. The molecule has 166 valence electrons. The molecule has 0 unspecified atom stereocenters. The first-order valence-corrected chi connectivity index (χ1v) is 10.1. The van der Waals surface area contributed by atoms with E-state index in [0.29, 0.717) is 23.5 Å². The van der Waals surface area contributed by atoms with Crippen LogP contribution in [0.25, 0.3) is 0 Å². The van der Waals surface area contributed by atoms with Crippen molar-refractivity contribution in [3.05, 3.63) is 48.0 Å². The molecule has 0 aliphatic heterocycles. The van der Waals surface area contributed by atoms with E-state index < -0.39 is 6.04 Å². The largest absolute Gasteiger partial charge is 0.495 e. The zero-order valence-corrected chi connectivity index (χ0v) is 18.5. The first-order valence-electron chi connectivity index (χ1n) is 10.1. The van der Waals surface area contributed by atoms with Crippen molar-refractivity contribution in [1.82, 2.24) is 5.32 Å². The number of amides is 3. The van der Waals surface area contributed by atoms with E-state index in [0.717, 1.165) is 11.3 Å². The minimum atomic E-state index is -0.538. The van der Waals surface area contributed by atoms with Gasteiger partial charge in [-0.05, 0) is 56.7 Å². The average Bonchev–Trinajstić information content (AvgIpc) is 2.68. The van der Waals surface area contributed by atoms with Crippen LogP contribution in [0.15, 0.2) is 42.5 Å². The van der Waals surface area contributed by atoms with E-state index in [1.807, 2.05) is 38.1 Å². The minimum absolute atomic E-state index is 0.0288. The van der Waals surface area contributed by atoms with E-state index >= 15 is 0 Å². The van der Waals surface area contributed by atoms with E-state index in [2.05, 4.69) is 21.3 Å². The molecule has 8 nitrogen and oxygen atoms in total. The Kier molecular flexibility index (Phi) is 8.43. The summed E-state index contributed by atoms with van der Waals surface area (Å²) in [4.78, 5) is 35.8. The van der Waals surface area contributed by atoms with E-state index in [4.69, 9.17) is 4.74 Å². The van der Waals surface area contributed by atoms with Crippen LogP contribution in [-0.4, -0.2) is 36.9 Å². The fraction of sp³-hybridized carbons (Fsp3) is 0.348. The van der Waals surface area contributed by atoms with Crippen LogP contribution >= 0.6 is 0 Å². The van der Waals surface area contributed by atoms with Crippen molar-refractivity contribution in [2.45, 2.75) is 46.2 Å². The van der Waals surface area contributed by atoms with Gasteiger partial charge < -0.3 is 26.0 Å². The van der Waals surface area contributed by atoms with E-state index in [1.165, 1.54) is 14.0 Å². The van der Waals surface area contributed by atoms with Crippen LogP contribution in [0.2, 0.25) is 0 Å². The molecule has 3 amide bonds. The molecule has 0 aliphatic rings. The summed E-state index contributed by atoms with van der Waals surface area (Å²) < 4.78 is 5.29. The van der Waals surface area contributed by atoms with Gasteiger partial charge >= 0.3 is 0 Å². The number of carbonyl (C=O) groups is 3. The third-order valence-electron chi connectivity index (χ3n) is 4.32. The molecule has 4 N–H and O–H groups in total. The topological polar surface area (TPSA) is 109 Å². The van der Waals surface area contributed by atoms with Crippen molar-refractivity contribution in [2.24, 2.45) is 0 Å². The molecule has 2 aromatic carbocycles. The Bertz CT molecular complexity index is 926. The number of benzene rings is 2. The van der Waals surface area contributed by atoms with E-state index in [1.54, 1.807) is 25.1 Å². The summed E-state index contributed by atoms with van der Waals surface area (Å²) in [7, 11) is 1.51. The number of methoxy groups -OCH3 is 1. The maximum Gasteiger partial charge on any atom is 0.246 e. The van der Waals surface area contributed by atoms with Crippen LogP contribution in [0, 0.1) is 0 Å². The van der Waals surface area contributed by atoms with Crippen molar-refractivity contribution >= 4 is 34.8 Å². The molecule has 0 aromatic heterocycles. The molecule has 0 heterocycles. The highest BCUT2D eigenvalue weighted by Crippen LogP contribution is 2.28. The second-order valence-corrected chi connectivity index (χ2v) is 7.55. The number of rotatable bonds is 9. The molecule has 2 aromatic rings. The Balaban J connectivity index is 1.99. The van der Waals surface area contributed by atoms with Crippen LogP contribution in [0.3, 0.4) is 0 Å². The summed E-state index contributed by atoms with van der Waals surface area (Å²) >= 11 is 0. The van der Waals surface area contributed by atoms with E-state index in [9.17, 15) is 14.4 Å². The number of anilines is 3. The van der Waals surface area contributed by atoms with Crippen molar-refractivity contribution in [3.8, 4) is 5.75 Å². The van der Waals surface area contributed by atoms with Crippen molar-refractivity contribution in [1.29, 1.82) is 0 Å². The zero-order chi connectivity index (χ0) is 23.0. The second kappa shape index (κ2) is 11.0. The number of ether oxygens (including phenoxy) is 1. The summed E-state index contributed by atoms with van der Waals surface area (Å²) in [6.07, 6.45) is 0.304. The molecule has 0 bridgehead atoms. The quantitative estimate of drug-likeness (QED) is 0.493. The fourth-order valence-electron chi connectivity index (χ4n) is 2.92. The molecule has 0 saturated carbocycles. The molecule has 2 rings (SSSR count). The third kappa shape index (κ3) is 7.65. The van der Waals surface area contributed by atoms with Crippen molar-refractivity contribution in [2.75, 3.05) is 23.1 Å². The van der Waals surface area contributed by atoms with Gasteiger partial charge in [-0.15, -0.1) is 0 Å². The van der Waals surface area contributed by atoms with E-state index in [-0.39, 0.29) is 23.8 Å². The van der Waals surface area contributed by atoms with Gasteiger partial charge in [-0.25, -0.2) is 0 Å². The van der Waals surface area contributed by atoms with Gasteiger partial charge in [0.2, 0.25) is 17.7 Å². The first-order chi connectivity index (χ1) is 14.7. The molecule has 0 radical (unpaired) electrons. The summed E-state index contributed by atoms with van der Waals surface area (Å²) in [5.74, 6) is -0.0150. The summed E-state index contributed by atoms with van der Waals surface area (Å²) in [6.45, 7) is 6.99. The van der Waals surface area contributed by atoms with Gasteiger partial charge in [0.15, 0.2) is 0 Å². The van der Waals surface area contributed by atoms with Crippen LogP contribution in [0.4, 0.5) is 17.1 Å². The minimum Gasteiger partial charge on any atom is -0.495 e. The van der Waals surface area contributed by atoms with Gasteiger partial charge in [-0.1, -0.05) is 12.1 Å². The normalized spacial score (nSPS) is 11.4. The van der Waals surface area contributed by atoms with Crippen molar-refractivity contribution in [3.63, 3.8) is 0 Å². The predicted octanol–water partition coefficient (Wildman–Crippen LogP) is 3.16. The molecule has 0 aliphatic carbocycles. The smallest absolute Gasteiger partial charge is 0.246 e. The monoisotopic (exact) mass is 426 g/mol.